The molecule has 12 heteroatoms. The van der Waals surface area contributed by atoms with Gasteiger partial charge in [0, 0.05) is 13.0 Å². The Morgan fingerprint density at radius 1 is 1.10 bits per heavy atom. The van der Waals surface area contributed by atoms with Gasteiger partial charge in [-0.3, -0.25) is 19.2 Å². The zero-order valence-electron chi connectivity index (χ0n) is 16.6. The van der Waals surface area contributed by atoms with E-state index in [2.05, 4.69) is 16.0 Å². The van der Waals surface area contributed by atoms with Crippen LogP contribution in [0.1, 0.15) is 38.5 Å². The number of primary amides is 1. The highest BCUT2D eigenvalue weighted by atomic mass is 16.4. The number of rotatable bonds is 10. The number of nitrogens with two attached hydrogens (primary N) is 1. The van der Waals surface area contributed by atoms with Crippen molar-refractivity contribution in [1.29, 1.82) is 0 Å². The first-order chi connectivity index (χ1) is 14.2. The van der Waals surface area contributed by atoms with Crippen LogP contribution in [-0.4, -0.2) is 88.6 Å². The van der Waals surface area contributed by atoms with Crippen molar-refractivity contribution in [2.45, 2.75) is 62.7 Å². The number of likely N-dealkylation sites (tertiary alicyclic amines) is 1. The number of nitrogens with one attached hydrogen (secondary N) is 3. The molecule has 0 aliphatic carbocycles. The second kappa shape index (κ2) is 10.9. The second-order valence-corrected chi connectivity index (χ2v) is 7.49. The fraction of sp³-hybridized carbons (Fsp3) is 0.722. The van der Waals surface area contributed by atoms with Crippen LogP contribution >= 0.6 is 0 Å². The van der Waals surface area contributed by atoms with Crippen LogP contribution in [0.15, 0.2) is 0 Å². The average molecular weight is 427 g/mol. The van der Waals surface area contributed by atoms with Gasteiger partial charge in [0.05, 0.1) is 12.6 Å². The lowest BCUT2D eigenvalue weighted by molar-refractivity contribution is -0.149. The molecule has 4 amide bonds. The quantitative estimate of drug-likeness (QED) is 0.213. The summed E-state index contributed by atoms with van der Waals surface area (Å²) in [5.41, 5.74) is 5.15. The van der Waals surface area contributed by atoms with Crippen molar-refractivity contribution in [1.82, 2.24) is 20.9 Å². The van der Waals surface area contributed by atoms with Gasteiger partial charge in [-0.25, -0.2) is 4.79 Å². The summed E-state index contributed by atoms with van der Waals surface area (Å²) in [4.78, 5) is 61.4. The predicted octanol–water partition coefficient (Wildman–Crippen LogP) is -2.96. The van der Waals surface area contributed by atoms with E-state index < -0.39 is 60.4 Å². The van der Waals surface area contributed by atoms with Crippen molar-refractivity contribution in [2.75, 3.05) is 19.7 Å². The van der Waals surface area contributed by atoms with Gasteiger partial charge in [-0.05, 0) is 38.6 Å². The minimum atomic E-state index is -1.29. The highest BCUT2D eigenvalue weighted by molar-refractivity contribution is 5.94. The predicted molar refractivity (Wildman–Crippen MR) is 103 cm³/mol. The van der Waals surface area contributed by atoms with Gasteiger partial charge in [0.15, 0.2) is 0 Å². The van der Waals surface area contributed by atoms with Gasteiger partial charge in [0.2, 0.25) is 23.6 Å². The molecule has 7 N–H and O–H groups in total. The first-order valence-corrected chi connectivity index (χ1v) is 10.0. The zero-order valence-corrected chi connectivity index (χ0v) is 16.6. The maximum absolute atomic E-state index is 12.9. The van der Waals surface area contributed by atoms with Crippen molar-refractivity contribution in [2.24, 2.45) is 5.73 Å². The summed E-state index contributed by atoms with van der Waals surface area (Å²) in [6.45, 7) is 0.201. The van der Waals surface area contributed by atoms with E-state index in [1.807, 2.05) is 0 Å². The molecule has 12 nitrogen and oxygen atoms in total. The molecular weight excluding hydrogens is 398 g/mol. The Bertz CT molecular complexity index is 680. The van der Waals surface area contributed by atoms with Crippen LogP contribution in [0.25, 0.3) is 0 Å². The molecule has 2 saturated heterocycles. The third-order valence-electron chi connectivity index (χ3n) is 5.31. The Hall–Kier alpha value is -2.73. The van der Waals surface area contributed by atoms with E-state index in [0.29, 0.717) is 25.8 Å². The molecule has 2 rings (SSSR count). The summed E-state index contributed by atoms with van der Waals surface area (Å²) >= 11 is 0. The van der Waals surface area contributed by atoms with Gasteiger partial charge in [-0.1, -0.05) is 0 Å². The van der Waals surface area contributed by atoms with E-state index in [4.69, 9.17) is 5.73 Å². The lowest BCUT2D eigenvalue weighted by Crippen LogP contribution is -2.58. The molecular formula is C18H29N5O7. The van der Waals surface area contributed by atoms with Gasteiger partial charge in [-0.15, -0.1) is 0 Å². The summed E-state index contributed by atoms with van der Waals surface area (Å²) in [6, 6.07) is -3.97. The van der Waals surface area contributed by atoms with Crippen molar-refractivity contribution in [3.63, 3.8) is 0 Å². The number of aliphatic hydroxyl groups excluding tert-OH is 1. The fourth-order valence-corrected chi connectivity index (χ4v) is 3.68. The van der Waals surface area contributed by atoms with Crippen LogP contribution < -0.4 is 21.7 Å². The highest BCUT2D eigenvalue weighted by Gasteiger charge is 2.38. The van der Waals surface area contributed by atoms with Gasteiger partial charge >= 0.3 is 5.97 Å². The number of carbonyl (C=O) groups excluding carboxylic acids is 4. The van der Waals surface area contributed by atoms with E-state index in [-0.39, 0.29) is 19.4 Å². The maximum Gasteiger partial charge on any atom is 0.326 e. The SMILES string of the molecule is NC(=O)CCC(NC(=O)C(CO)NC(=O)C1CCCN1)C(=O)N1CCCC1C(=O)O. The lowest BCUT2D eigenvalue weighted by atomic mass is 10.1. The summed E-state index contributed by atoms with van der Waals surface area (Å²) in [6.07, 6.45) is 1.89. The molecule has 0 aromatic carbocycles. The van der Waals surface area contributed by atoms with Crippen LogP contribution in [-0.2, 0) is 24.0 Å². The van der Waals surface area contributed by atoms with Gasteiger partial charge < -0.3 is 36.8 Å². The highest BCUT2D eigenvalue weighted by Crippen LogP contribution is 2.19. The van der Waals surface area contributed by atoms with Crippen LogP contribution in [0.5, 0.6) is 0 Å². The van der Waals surface area contributed by atoms with Crippen molar-refractivity contribution >= 4 is 29.6 Å². The largest absolute Gasteiger partial charge is 0.480 e. The molecule has 168 valence electrons. The Kier molecular flexibility index (Phi) is 8.54. The molecule has 0 aromatic heterocycles. The lowest BCUT2D eigenvalue weighted by Gasteiger charge is -2.28. The number of carbonyl (C=O) groups is 5. The summed E-state index contributed by atoms with van der Waals surface area (Å²) < 4.78 is 0. The summed E-state index contributed by atoms with van der Waals surface area (Å²) in [5, 5.41) is 26.7. The van der Waals surface area contributed by atoms with Crippen LogP contribution in [0, 0.1) is 0 Å². The molecule has 0 saturated carbocycles. The van der Waals surface area contributed by atoms with Crippen LogP contribution in [0.4, 0.5) is 0 Å². The number of aliphatic hydroxyl groups is 1. The standard InChI is InChI=1S/C18H29N5O7/c19-14(25)6-5-11(17(28)23-8-2-4-13(23)18(29)30)21-16(27)12(9-24)22-15(26)10-3-1-7-20-10/h10-13,20,24H,1-9H2,(H2,19,25)(H,21,27)(H,22,26)(H,29,30). The normalized spacial score (nSPS) is 22.9. The van der Waals surface area contributed by atoms with Crippen LogP contribution in [0.2, 0.25) is 0 Å². The molecule has 0 radical (unpaired) electrons. The van der Waals surface area contributed by atoms with Gasteiger partial charge in [0.1, 0.15) is 18.1 Å². The fourth-order valence-electron chi connectivity index (χ4n) is 3.68. The van der Waals surface area contributed by atoms with Crippen molar-refractivity contribution < 1.29 is 34.2 Å². The number of hydrogen-bond donors (Lipinski definition) is 6. The van der Waals surface area contributed by atoms with Gasteiger partial charge in [-0.2, -0.15) is 0 Å². The Morgan fingerprint density at radius 2 is 1.83 bits per heavy atom. The number of carboxylic acids is 1. The first-order valence-electron chi connectivity index (χ1n) is 10.0. The summed E-state index contributed by atoms with van der Waals surface area (Å²) in [5.74, 6) is -3.72. The van der Waals surface area contributed by atoms with Gasteiger partial charge in [0.25, 0.3) is 0 Å². The Labute approximate surface area is 173 Å². The molecule has 2 aliphatic rings. The average Bonchev–Trinajstić information content (AvgIpc) is 3.40. The minimum Gasteiger partial charge on any atom is -0.480 e. The molecule has 2 heterocycles. The smallest absolute Gasteiger partial charge is 0.326 e. The molecule has 4 unspecified atom stereocenters. The minimum absolute atomic E-state index is 0.126. The van der Waals surface area contributed by atoms with E-state index >= 15 is 0 Å². The van der Waals surface area contributed by atoms with E-state index in [1.165, 1.54) is 0 Å². The molecule has 2 fully saturated rings. The molecule has 0 aromatic rings. The molecule has 4 atom stereocenters. The Balaban J connectivity index is 2.06. The first kappa shape index (κ1) is 23.5. The molecule has 0 bridgehead atoms. The van der Waals surface area contributed by atoms with E-state index in [9.17, 15) is 34.2 Å². The number of nitrogens with zero attached hydrogens (tertiary/aromatic N) is 1. The topological polar surface area (TPSA) is 191 Å². The van der Waals surface area contributed by atoms with Crippen molar-refractivity contribution in [3.8, 4) is 0 Å². The summed E-state index contributed by atoms with van der Waals surface area (Å²) in [7, 11) is 0. The van der Waals surface area contributed by atoms with E-state index in [0.717, 1.165) is 11.3 Å². The third-order valence-corrected chi connectivity index (χ3v) is 5.31. The molecule has 2 aliphatic heterocycles. The number of amides is 4. The number of carboxylic acid groups (broad SMARTS) is 1. The van der Waals surface area contributed by atoms with Crippen LogP contribution in [0.3, 0.4) is 0 Å². The maximum atomic E-state index is 12.9. The number of aliphatic carboxylic acids is 1. The third kappa shape index (κ3) is 6.13. The monoisotopic (exact) mass is 427 g/mol. The second-order valence-electron chi connectivity index (χ2n) is 7.49. The molecule has 30 heavy (non-hydrogen) atoms. The zero-order chi connectivity index (χ0) is 22.3. The Morgan fingerprint density at radius 3 is 2.40 bits per heavy atom. The number of hydrogen-bond acceptors (Lipinski definition) is 7. The van der Waals surface area contributed by atoms with Crippen molar-refractivity contribution in [3.05, 3.63) is 0 Å². The van der Waals surface area contributed by atoms with E-state index in [1.54, 1.807) is 0 Å². The molecule has 0 spiro atoms.